The van der Waals surface area contributed by atoms with E-state index in [-0.39, 0.29) is 5.43 Å². The van der Waals surface area contributed by atoms with Crippen molar-refractivity contribution in [1.82, 2.24) is 9.78 Å². The average molecular weight is 338 g/mol. The third-order valence-corrected chi connectivity index (χ3v) is 4.32. The number of hydrogen-bond acceptors (Lipinski definition) is 2. The molecule has 0 bridgehead atoms. The fraction of sp³-hybridized carbons (Fsp3) is 0.0435. The van der Waals surface area contributed by atoms with Crippen LogP contribution in [-0.4, -0.2) is 9.78 Å². The van der Waals surface area contributed by atoms with E-state index >= 15 is 0 Å². The molecule has 0 aliphatic heterocycles. The van der Waals surface area contributed by atoms with Gasteiger partial charge < -0.3 is 0 Å². The minimum atomic E-state index is -0.0451. The molecule has 0 radical (unpaired) electrons. The van der Waals surface area contributed by atoms with Gasteiger partial charge in [0.25, 0.3) is 0 Å². The van der Waals surface area contributed by atoms with E-state index in [1.54, 1.807) is 16.8 Å². The maximum Gasteiger partial charge on any atom is 0.204 e. The molecule has 1 heterocycles. The first kappa shape index (κ1) is 16.0. The molecule has 26 heavy (non-hydrogen) atoms. The number of fused-ring (bicyclic) bond motifs is 1. The molecule has 3 aromatic carbocycles. The van der Waals surface area contributed by atoms with Crippen LogP contribution in [0, 0.1) is 6.92 Å². The predicted octanol–water partition coefficient (Wildman–Crippen LogP) is 4.86. The number of hydrogen-bond donors (Lipinski definition) is 0. The molecule has 0 spiro atoms. The number of benzene rings is 2. The van der Waals surface area contributed by atoms with Crippen molar-refractivity contribution in [1.29, 1.82) is 0 Å². The lowest BCUT2D eigenvalue weighted by molar-refractivity contribution is 0.902. The summed E-state index contributed by atoms with van der Waals surface area (Å²) in [6.45, 7) is 2.07. The number of nitrogens with zero attached hydrogens (tertiary/aromatic N) is 2. The summed E-state index contributed by atoms with van der Waals surface area (Å²) >= 11 is 0. The Kier molecular flexibility index (Phi) is 4.20. The van der Waals surface area contributed by atoms with E-state index in [1.165, 1.54) is 5.56 Å². The molecule has 0 aliphatic rings. The van der Waals surface area contributed by atoms with Gasteiger partial charge in [0.2, 0.25) is 5.43 Å². The molecular weight excluding hydrogens is 320 g/mol. The Bertz CT molecular complexity index is 1140. The van der Waals surface area contributed by atoms with Gasteiger partial charge in [0.15, 0.2) is 0 Å². The maximum absolute atomic E-state index is 12.6. The predicted molar refractivity (Wildman–Crippen MR) is 107 cm³/mol. The van der Waals surface area contributed by atoms with Gasteiger partial charge in [-0.1, -0.05) is 72.3 Å². The fourth-order valence-corrected chi connectivity index (χ4v) is 2.95. The average Bonchev–Trinajstić information content (AvgIpc) is 2.93. The number of rotatable bonds is 3. The van der Waals surface area contributed by atoms with Crippen molar-refractivity contribution in [3.05, 3.63) is 106 Å². The van der Waals surface area contributed by atoms with Crippen LogP contribution in [0.5, 0.6) is 0 Å². The molecule has 0 N–H and O–H groups in total. The second-order valence-corrected chi connectivity index (χ2v) is 6.22. The van der Waals surface area contributed by atoms with Gasteiger partial charge in [-0.2, -0.15) is 5.10 Å². The minimum Gasteiger partial charge on any atom is -0.288 e. The van der Waals surface area contributed by atoms with Crippen LogP contribution in [-0.2, 0) is 0 Å². The van der Waals surface area contributed by atoms with Crippen molar-refractivity contribution >= 4 is 23.1 Å². The highest BCUT2D eigenvalue weighted by Crippen LogP contribution is 2.21. The van der Waals surface area contributed by atoms with E-state index in [4.69, 9.17) is 5.10 Å². The van der Waals surface area contributed by atoms with Crippen LogP contribution in [0.3, 0.4) is 0 Å². The van der Waals surface area contributed by atoms with Crippen molar-refractivity contribution in [2.75, 3.05) is 0 Å². The quantitative estimate of drug-likeness (QED) is 0.534. The van der Waals surface area contributed by atoms with Gasteiger partial charge in [-0.3, -0.25) is 4.79 Å². The smallest absolute Gasteiger partial charge is 0.204 e. The van der Waals surface area contributed by atoms with Crippen LogP contribution in [0.1, 0.15) is 16.8 Å². The summed E-state index contributed by atoms with van der Waals surface area (Å²) in [5, 5.41) is 5.55. The van der Waals surface area contributed by atoms with Crippen molar-refractivity contribution in [3.8, 4) is 5.69 Å². The third-order valence-electron chi connectivity index (χ3n) is 4.32. The molecule has 0 saturated carbocycles. The van der Waals surface area contributed by atoms with Gasteiger partial charge in [-0.05, 0) is 36.8 Å². The van der Waals surface area contributed by atoms with E-state index in [9.17, 15) is 4.79 Å². The van der Waals surface area contributed by atoms with E-state index in [1.807, 2.05) is 54.6 Å². The van der Waals surface area contributed by atoms with Gasteiger partial charge in [-0.15, -0.1) is 0 Å². The molecule has 0 atom stereocenters. The summed E-state index contributed by atoms with van der Waals surface area (Å²) in [6.07, 6.45) is 3.99. The Hall–Kier alpha value is -3.46. The lowest BCUT2D eigenvalue weighted by Crippen LogP contribution is -2.04. The first-order valence-electron chi connectivity index (χ1n) is 8.55. The molecule has 0 amide bonds. The highest BCUT2D eigenvalue weighted by molar-refractivity contribution is 5.90. The van der Waals surface area contributed by atoms with Crippen LogP contribution in [0.15, 0.2) is 83.7 Å². The maximum atomic E-state index is 12.6. The topological polar surface area (TPSA) is 34.9 Å². The van der Waals surface area contributed by atoms with Crippen molar-refractivity contribution < 1.29 is 0 Å². The van der Waals surface area contributed by atoms with Crippen LogP contribution >= 0.6 is 0 Å². The number of aryl methyl sites for hydroxylation is 1. The van der Waals surface area contributed by atoms with Gasteiger partial charge in [0.05, 0.1) is 11.4 Å². The normalized spacial score (nSPS) is 11.3. The molecule has 3 heteroatoms. The Balaban J connectivity index is 1.91. The van der Waals surface area contributed by atoms with Crippen LogP contribution < -0.4 is 5.43 Å². The summed E-state index contributed by atoms with van der Waals surface area (Å²) in [7, 11) is 0. The highest BCUT2D eigenvalue weighted by atomic mass is 16.1. The standard InChI is InChI=1S/C23H18N2O/c1-17-11-13-18(14-12-17)15-16-21-20-9-5-6-10-22(26)23(20)25(24-21)19-7-3-2-4-8-19/h2-16H,1H3/b16-15+. The zero-order valence-corrected chi connectivity index (χ0v) is 14.5. The van der Waals surface area contributed by atoms with E-state index in [2.05, 4.69) is 31.2 Å². The summed E-state index contributed by atoms with van der Waals surface area (Å²) in [5.41, 5.74) is 4.51. The molecule has 0 saturated heterocycles. The van der Waals surface area contributed by atoms with Gasteiger partial charge >= 0.3 is 0 Å². The third kappa shape index (κ3) is 3.07. The minimum absolute atomic E-state index is 0.0451. The molecule has 4 rings (SSSR count). The van der Waals surface area contributed by atoms with Gasteiger partial charge in [0.1, 0.15) is 5.52 Å². The van der Waals surface area contributed by atoms with Crippen molar-refractivity contribution in [3.63, 3.8) is 0 Å². The lowest BCUT2D eigenvalue weighted by atomic mass is 10.1. The zero-order valence-electron chi connectivity index (χ0n) is 14.5. The number of para-hydroxylation sites is 1. The molecule has 0 unspecified atom stereocenters. The summed E-state index contributed by atoms with van der Waals surface area (Å²) in [5.74, 6) is 0. The Labute approximate surface area is 151 Å². The van der Waals surface area contributed by atoms with E-state index in [0.29, 0.717) is 5.52 Å². The highest BCUT2D eigenvalue weighted by Gasteiger charge is 2.11. The Morgan fingerprint density at radius 1 is 0.808 bits per heavy atom. The van der Waals surface area contributed by atoms with Crippen LogP contribution in [0.2, 0.25) is 0 Å². The molecule has 0 aliphatic carbocycles. The summed E-state index contributed by atoms with van der Waals surface area (Å²) < 4.78 is 1.73. The Morgan fingerprint density at radius 3 is 2.27 bits per heavy atom. The van der Waals surface area contributed by atoms with Gasteiger partial charge in [0, 0.05) is 5.39 Å². The van der Waals surface area contributed by atoms with E-state index in [0.717, 1.165) is 22.3 Å². The molecule has 0 fully saturated rings. The van der Waals surface area contributed by atoms with Crippen molar-refractivity contribution in [2.24, 2.45) is 0 Å². The zero-order chi connectivity index (χ0) is 17.9. The number of aromatic nitrogens is 2. The van der Waals surface area contributed by atoms with Crippen molar-refractivity contribution in [2.45, 2.75) is 6.92 Å². The lowest BCUT2D eigenvalue weighted by Gasteiger charge is -2.00. The monoisotopic (exact) mass is 338 g/mol. The first-order valence-corrected chi connectivity index (χ1v) is 8.55. The molecule has 4 aromatic rings. The molecule has 1 aromatic heterocycles. The second kappa shape index (κ2) is 6.81. The summed E-state index contributed by atoms with van der Waals surface area (Å²) in [6, 6.07) is 25.2. The van der Waals surface area contributed by atoms with Crippen LogP contribution in [0.4, 0.5) is 0 Å². The fourth-order valence-electron chi connectivity index (χ4n) is 2.95. The van der Waals surface area contributed by atoms with Gasteiger partial charge in [-0.25, -0.2) is 4.68 Å². The Morgan fingerprint density at radius 2 is 1.50 bits per heavy atom. The first-order chi connectivity index (χ1) is 12.7. The van der Waals surface area contributed by atoms with E-state index < -0.39 is 0 Å². The largest absolute Gasteiger partial charge is 0.288 e. The second-order valence-electron chi connectivity index (χ2n) is 6.22. The molecule has 126 valence electrons. The SMILES string of the molecule is Cc1ccc(/C=C/c2nn(-c3ccccc3)c3c(=O)ccccc23)cc1. The van der Waals surface area contributed by atoms with Crippen LogP contribution in [0.25, 0.3) is 28.7 Å². The summed E-state index contributed by atoms with van der Waals surface area (Å²) in [4.78, 5) is 12.6. The molecule has 3 nitrogen and oxygen atoms in total. The molecular formula is C23H18N2O.